The van der Waals surface area contributed by atoms with E-state index in [1.165, 1.54) is 11.1 Å². The molecule has 0 bridgehead atoms. The van der Waals surface area contributed by atoms with Crippen molar-refractivity contribution in [3.05, 3.63) is 34.3 Å². The standard InChI is InChI=1S/C13H17ClO/c1-13(2,8-15)10-6-9-4-3-5-12(14)11(9)7-10/h3-5,10,15H,6-8H2,1-2H3. The molecule has 1 aromatic carbocycles. The van der Waals surface area contributed by atoms with Gasteiger partial charge in [0.1, 0.15) is 0 Å². The molecule has 1 nitrogen and oxygen atoms in total. The summed E-state index contributed by atoms with van der Waals surface area (Å²) in [5, 5.41) is 10.2. The Hall–Kier alpha value is -0.530. The van der Waals surface area contributed by atoms with Crippen LogP contribution in [0.5, 0.6) is 0 Å². The van der Waals surface area contributed by atoms with Crippen molar-refractivity contribution in [3.63, 3.8) is 0 Å². The van der Waals surface area contributed by atoms with E-state index in [4.69, 9.17) is 11.6 Å². The van der Waals surface area contributed by atoms with E-state index in [-0.39, 0.29) is 12.0 Å². The van der Waals surface area contributed by atoms with E-state index in [0.29, 0.717) is 5.92 Å². The van der Waals surface area contributed by atoms with E-state index < -0.39 is 0 Å². The highest BCUT2D eigenvalue weighted by Gasteiger charge is 2.34. The lowest BCUT2D eigenvalue weighted by Gasteiger charge is -2.29. The maximum absolute atomic E-state index is 9.37. The van der Waals surface area contributed by atoms with E-state index in [2.05, 4.69) is 19.9 Å². The number of aliphatic hydroxyl groups excluding tert-OH is 1. The summed E-state index contributed by atoms with van der Waals surface area (Å²) in [6, 6.07) is 6.11. The van der Waals surface area contributed by atoms with Crippen LogP contribution in [0.1, 0.15) is 25.0 Å². The third kappa shape index (κ3) is 1.91. The Bertz CT molecular complexity index is 371. The molecule has 0 saturated carbocycles. The highest BCUT2D eigenvalue weighted by atomic mass is 35.5. The number of hydrogen-bond acceptors (Lipinski definition) is 1. The largest absolute Gasteiger partial charge is 0.396 e. The molecule has 2 rings (SSSR count). The number of fused-ring (bicyclic) bond motifs is 1. The minimum Gasteiger partial charge on any atom is -0.396 e. The van der Waals surface area contributed by atoms with Crippen LogP contribution in [-0.4, -0.2) is 11.7 Å². The molecule has 1 aliphatic carbocycles. The molecular weight excluding hydrogens is 208 g/mol. The van der Waals surface area contributed by atoms with Gasteiger partial charge in [-0.05, 0) is 41.4 Å². The van der Waals surface area contributed by atoms with Crippen LogP contribution in [0.4, 0.5) is 0 Å². The molecule has 0 radical (unpaired) electrons. The topological polar surface area (TPSA) is 20.2 Å². The fourth-order valence-corrected chi connectivity index (χ4v) is 2.56. The third-order valence-electron chi connectivity index (χ3n) is 3.65. The fourth-order valence-electron chi connectivity index (χ4n) is 2.29. The van der Waals surface area contributed by atoms with Crippen LogP contribution in [0.3, 0.4) is 0 Å². The number of benzene rings is 1. The van der Waals surface area contributed by atoms with Gasteiger partial charge in [0.25, 0.3) is 0 Å². The number of rotatable bonds is 2. The minimum atomic E-state index is -0.0116. The molecule has 0 aromatic heterocycles. The predicted molar refractivity (Wildman–Crippen MR) is 63.2 cm³/mol. The lowest BCUT2D eigenvalue weighted by Crippen LogP contribution is -2.28. The number of aliphatic hydroxyl groups is 1. The minimum absolute atomic E-state index is 0.0116. The van der Waals surface area contributed by atoms with Crippen LogP contribution in [0.15, 0.2) is 18.2 Å². The number of halogens is 1. The van der Waals surface area contributed by atoms with Crippen molar-refractivity contribution in [1.82, 2.24) is 0 Å². The zero-order valence-electron chi connectivity index (χ0n) is 9.26. The lowest BCUT2D eigenvalue weighted by molar-refractivity contribution is 0.101. The van der Waals surface area contributed by atoms with Crippen molar-refractivity contribution in [3.8, 4) is 0 Å². The summed E-state index contributed by atoms with van der Waals surface area (Å²) < 4.78 is 0. The van der Waals surface area contributed by atoms with Crippen LogP contribution in [0, 0.1) is 11.3 Å². The molecule has 0 spiro atoms. The van der Waals surface area contributed by atoms with E-state index in [9.17, 15) is 5.11 Å². The predicted octanol–water partition coefficient (Wildman–Crippen LogP) is 3.07. The Labute approximate surface area is 96.1 Å². The van der Waals surface area contributed by atoms with Gasteiger partial charge < -0.3 is 5.11 Å². The summed E-state index contributed by atoms with van der Waals surface area (Å²) in [6.07, 6.45) is 2.05. The van der Waals surface area contributed by atoms with Gasteiger partial charge in [-0.15, -0.1) is 0 Å². The average molecular weight is 225 g/mol. The van der Waals surface area contributed by atoms with E-state index >= 15 is 0 Å². The summed E-state index contributed by atoms with van der Waals surface area (Å²) in [6.45, 7) is 4.48. The maximum atomic E-state index is 9.37. The molecule has 1 aliphatic rings. The van der Waals surface area contributed by atoms with Gasteiger partial charge in [0.05, 0.1) is 0 Å². The summed E-state index contributed by atoms with van der Waals surface area (Å²) >= 11 is 6.17. The van der Waals surface area contributed by atoms with Gasteiger partial charge >= 0.3 is 0 Å². The van der Waals surface area contributed by atoms with Crippen LogP contribution in [-0.2, 0) is 12.8 Å². The van der Waals surface area contributed by atoms with Crippen molar-refractivity contribution < 1.29 is 5.11 Å². The van der Waals surface area contributed by atoms with Crippen LogP contribution in [0.2, 0.25) is 5.02 Å². The van der Waals surface area contributed by atoms with Gasteiger partial charge in [0, 0.05) is 11.6 Å². The smallest absolute Gasteiger partial charge is 0.0485 e. The SMILES string of the molecule is CC(C)(CO)C1Cc2cccc(Cl)c2C1. The summed E-state index contributed by atoms with van der Waals surface area (Å²) in [5.74, 6) is 0.511. The second kappa shape index (κ2) is 3.80. The first-order valence-electron chi connectivity index (χ1n) is 5.42. The summed E-state index contributed by atoms with van der Waals surface area (Å²) in [7, 11) is 0. The number of hydrogen-bond donors (Lipinski definition) is 1. The normalized spacial score (nSPS) is 20.4. The second-order valence-corrected chi connectivity index (χ2v) is 5.54. The maximum Gasteiger partial charge on any atom is 0.0485 e. The summed E-state index contributed by atoms with van der Waals surface area (Å²) in [4.78, 5) is 0. The summed E-state index contributed by atoms with van der Waals surface area (Å²) in [5.41, 5.74) is 2.63. The van der Waals surface area contributed by atoms with Crippen molar-refractivity contribution in [1.29, 1.82) is 0 Å². The molecule has 1 atom stereocenters. The lowest BCUT2D eigenvalue weighted by atomic mass is 9.78. The van der Waals surface area contributed by atoms with Gasteiger partial charge in [-0.25, -0.2) is 0 Å². The molecule has 0 aliphatic heterocycles. The molecule has 1 N–H and O–H groups in total. The first kappa shape index (κ1) is 11.0. The molecule has 1 unspecified atom stereocenters. The Morgan fingerprint density at radius 1 is 1.40 bits per heavy atom. The highest BCUT2D eigenvalue weighted by molar-refractivity contribution is 6.31. The van der Waals surface area contributed by atoms with Crippen molar-refractivity contribution >= 4 is 11.6 Å². The van der Waals surface area contributed by atoms with Crippen molar-refractivity contribution in [2.75, 3.05) is 6.61 Å². The molecule has 2 heteroatoms. The molecule has 0 saturated heterocycles. The first-order chi connectivity index (χ1) is 7.04. The zero-order chi connectivity index (χ0) is 11.1. The molecule has 1 aromatic rings. The monoisotopic (exact) mass is 224 g/mol. The van der Waals surface area contributed by atoms with E-state index in [0.717, 1.165) is 17.9 Å². The van der Waals surface area contributed by atoms with E-state index in [1.807, 2.05) is 12.1 Å². The van der Waals surface area contributed by atoms with Crippen LogP contribution < -0.4 is 0 Å². The Balaban J connectivity index is 2.26. The van der Waals surface area contributed by atoms with Crippen LogP contribution in [0.25, 0.3) is 0 Å². The zero-order valence-corrected chi connectivity index (χ0v) is 10.0. The fraction of sp³-hybridized carbons (Fsp3) is 0.538. The molecular formula is C13H17ClO. The highest BCUT2D eigenvalue weighted by Crippen LogP contribution is 2.40. The quantitative estimate of drug-likeness (QED) is 0.819. The van der Waals surface area contributed by atoms with Gasteiger partial charge in [-0.2, -0.15) is 0 Å². The molecule has 0 heterocycles. The average Bonchev–Trinajstić information content (AvgIpc) is 2.64. The van der Waals surface area contributed by atoms with Gasteiger partial charge in [-0.3, -0.25) is 0 Å². The third-order valence-corrected chi connectivity index (χ3v) is 4.00. The second-order valence-electron chi connectivity index (χ2n) is 5.13. The van der Waals surface area contributed by atoms with Crippen molar-refractivity contribution in [2.45, 2.75) is 26.7 Å². The van der Waals surface area contributed by atoms with Gasteiger partial charge in [-0.1, -0.05) is 37.6 Å². The Kier molecular flexibility index (Phi) is 2.78. The van der Waals surface area contributed by atoms with Crippen molar-refractivity contribution in [2.24, 2.45) is 11.3 Å². The first-order valence-corrected chi connectivity index (χ1v) is 5.79. The van der Waals surface area contributed by atoms with E-state index in [1.54, 1.807) is 0 Å². The molecule has 82 valence electrons. The molecule has 0 fully saturated rings. The Morgan fingerprint density at radius 2 is 2.13 bits per heavy atom. The molecule has 0 amide bonds. The van der Waals surface area contributed by atoms with Crippen LogP contribution >= 0.6 is 11.6 Å². The Morgan fingerprint density at radius 3 is 2.73 bits per heavy atom. The molecule has 15 heavy (non-hydrogen) atoms. The van der Waals surface area contributed by atoms with Gasteiger partial charge in [0.2, 0.25) is 0 Å². The van der Waals surface area contributed by atoms with Gasteiger partial charge in [0.15, 0.2) is 0 Å².